The van der Waals surface area contributed by atoms with Gasteiger partial charge in [-0.05, 0) is 25.6 Å². The average Bonchev–Trinajstić information content (AvgIpc) is 2.61. The maximum absolute atomic E-state index is 11.4. The number of rotatable bonds is 4. The van der Waals surface area contributed by atoms with Crippen molar-refractivity contribution in [2.24, 2.45) is 0 Å². The van der Waals surface area contributed by atoms with Crippen LogP contribution in [0.2, 0.25) is 5.22 Å². The summed E-state index contributed by atoms with van der Waals surface area (Å²) in [5.74, 6) is -0.478. The maximum atomic E-state index is 11.4. The molecule has 1 rings (SSSR count). The van der Waals surface area contributed by atoms with Gasteiger partial charge in [0.25, 0.3) is 15.9 Å². The topological polar surface area (TPSA) is 88.4 Å². The van der Waals surface area contributed by atoms with Gasteiger partial charge in [0.05, 0.1) is 5.56 Å². The van der Waals surface area contributed by atoms with E-state index >= 15 is 0 Å². The summed E-state index contributed by atoms with van der Waals surface area (Å²) < 4.78 is 29.6. The van der Waals surface area contributed by atoms with Crippen LogP contribution >= 0.6 is 11.6 Å². The van der Waals surface area contributed by atoms with Gasteiger partial charge in [-0.3, -0.25) is 4.79 Å². The molecule has 0 radical (unpaired) electrons. The van der Waals surface area contributed by atoms with Crippen LogP contribution in [-0.2, 0) is 10.0 Å². The fourth-order valence-corrected chi connectivity index (χ4v) is 1.93. The lowest BCUT2D eigenvalue weighted by atomic mass is 10.3. The van der Waals surface area contributed by atoms with E-state index in [1.807, 2.05) is 0 Å². The predicted molar refractivity (Wildman–Crippen MR) is 58.0 cm³/mol. The van der Waals surface area contributed by atoms with E-state index in [0.29, 0.717) is 6.54 Å². The Morgan fingerprint density at radius 1 is 1.56 bits per heavy atom. The first kappa shape index (κ1) is 13.0. The number of hydrogen-bond donors (Lipinski definition) is 2. The number of furan rings is 1. The molecule has 0 aliphatic heterocycles. The minimum atomic E-state index is -3.73. The monoisotopic (exact) mass is 266 g/mol. The summed E-state index contributed by atoms with van der Waals surface area (Å²) in [7, 11) is -2.50. The van der Waals surface area contributed by atoms with E-state index in [9.17, 15) is 13.2 Å². The van der Waals surface area contributed by atoms with Gasteiger partial charge in [-0.15, -0.1) is 0 Å². The zero-order valence-electron chi connectivity index (χ0n) is 8.70. The van der Waals surface area contributed by atoms with Crippen LogP contribution in [0.4, 0.5) is 0 Å². The van der Waals surface area contributed by atoms with E-state index < -0.39 is 15.9 Å². The quantitative estimate of drug-likeness (QED) is 0.835. The number of nitrogens with one attached hydrogen (secondary N) is 2. The van der Waals surface area contributed by atoms with Crippen molar-refractivity contribution in [2.75, 3.05) is 13.6 Å². The summed E-state index contributed by atoms with van der Waals surface area (Å²) in [5, 5.41) is 1.85. The Morgan fingerprint density at radius 3 is 2.69 bits per heavy atom. The van der Waals surface area contributed by atoms with E-state index in [4.69, 9.17) is 16.0 Å². The number of halogens is 1. The lowest BCUT2D eigenvalue weighted by Gasteiger charge is -1.97. The fraction of sp³-hybridized carbons (Fsp3) is 0.375. The summed E-state index contributed by atoms with van der Waals surface area (Å²) in [6, 6.07) is 1.08. The molecule has 0 spiro atoms. The second-order valence-electron chi connectivity index (χ2n) is 2.82. The molecule has 0 fully saturated rings. The SMILES string of the molecule is CCNC(=O)c1cc(S(=O)(=O)NC)oc1Cl. The molecule has 90 valence electrons. The highest BCUT2D eigenvalue weighted by Crippen LogP contribution is 2.23. The first-order chi connectivity index (χ1) is 7.42. The molecule has 6 nitrogen and oxygen atoms in total. The van der Waals surface area contributed by atoms with E-state index in [1.165, 1.54) is 7.05 Å². The average molecular weight is 267 g/mol. The second-order valence-corrected chi connectivity index (χ2v) is 4.98. The fourth-order valence-electron chi connectivity index (χ4n) is 0.991. The Bertz CT molecular complexity index is 494. The number of amides is 1. The zero-order valence-corrected chi connectivity index (χ0v) is 10.3. The third kappa shape index (κ3) is 2.55. The van der Waals surface area contributed by atoms with Crippen LogP contribution in [0.15, 0.2) is 15.6 Å². The lowest BCUT2D eigenvalue weighted by Crippen LogP contribution is -2.22. The smallest absolute Gasteiger partial charge is 0.273 e. The molecule has 8 heteroatoms. The first-order valence-corrected chi connectivity index (χ1v) is 6.29. The van der Waals surface area contributed by atoms with Crippen molar-refractivity contribution in [3.8, 4) is 0 Å². The Balaban J connectivity index is 3.13. The molecule has 0 saturated carbocycles. The minimum Gasteiger partial charge on any atom is -0.431 e. The number of carbonyl (C=O) groups is 1. The normalized spacial score (nSPS) is 11.4. The van der Waals surface area contributed by atoms with Crippen molar-refractivity contribution in [3.05, 3.63) is 16.8 Å². The molecule has 0 aromatic carbocycles. The molecule has 0 aliphatic rings. The Morgan fingerprint density at radius 2 is 2.19 bits per heavy atom. The van der Waals surface area contributed by atoms with E-state index in [-0.39, 0.29) is 15.9 Å². The summed E-state index contributed by atoms with van der Waals surface area (Å²) in [4.78, 5) is 11.4. The molecular formula is C8H11ClN2O4S. The van der Waals surface area contributed by atoms with Crippen LogP contribution in [0, 0.1) is 0 Å². The Labute approximate surface area is 98.0 Å². The van der Waals surface area contributed by atoms with Crippen LogP contribution < -0.4 is 10.0 Å². The van der Waals surface area contributed by atoms with Gasteiger partial charge in [-0.1, -0.05) is 0 Å². The van der Waals surface area contributed by atoms with E-state index in [1.54, 1.807) is 6.92 Å². The standard InChI is InChI=1S/C8H11ClN2O4S/c1-3-11-8(12)5-4-6(15-7(5)9)16(13,14)10-2/h4,10H,3H2,1-2H3,(H,11,12). The van der Waals surface area contributed by atoms with E-state index in [2.05, 4.69) is 10.0 Å². The van der Waals surface area contributed by atoms with Gasteiger partial charge < -0.3 is 9.73 Å². The Kier molecular flexibility index (Phi) is 3.95. The third-order valence-corrected chi connectivity index (χ3v) is 3.33. The molecule has 16 heavy (non-hydrogen) atoms. The van der Waals surface area contributed by atoms with Gasteiger partial charge in [-0.25, -0.2) is 13.1 Å². The Hall–Kier alpha value is -1.05. The molecule has 2 N–H and O–H groups in total. The molecule has 0 aliphatic carbocycles. The van der Waals surface area contributed by atoms with Crippen molar-refractivity contribution in [2.45, 2.75) is 12.0 Å². The summed E-state index contributed by atoms with van der Waals surface area (Å²) in [5.41, 5.74) is -0.00246. The van der Waals surface area contributed by atoms with Gasteiger partial charge >= 0.3 is 0 Å². The third-order valence-electron chi connectivity index (χ3n) is 1.78. The van der Waals surface area contributed by atoms with Crippen molar-refractivity contribution in [1.29, 1.82) is 0 Å². The summed E-state index contributed by atoms with van der Waals surface area (Å²) >= 11 is 5.62. The van der Waals surface area contributed by atoms with Gasteiger partial charge in [0.2, 0.25) is 10.3 Å². The highest BCUT2D eigenvalue weighted by Gasteiger charge is 2.23. The molecule has 1 amide bonds. The molecule has 0 atom stereocenters. The van der Waals surface area contributed by atoms with Gasteiger partial charge in [-0.2, -0.15) is 0 Å². The van der Waals surface area contributed by atoms with Crippen LogP contribution in [0.25, 0.3) is 0 Å². The van der Waals surface area contributed by atoms with Crippen molar-refractivity contribution >= 4 is 27.5 Å². The van der Waals surface area contributed by atoms with E-state index in [0.717, 1.165) is 6.07 Å². The molecular weight excluding hydrogens is 256 g/mol. The molecule has 1 heterocycles. The molecule has 0 bridgehead atoms. The lowest BCUT2D eigenvalue weighted by molar-refractivity contribution is 0.0955. The van der Waals surface area contributed by atoms with Crippen LogP contribution in [0.1, 0.15) is 17.3 Å². The number of carbonyl (C=O) groups excluding carboxylic acids is 1. The molecule has 1 aromatic rings. The van der Waals surface area contributed by atoms with Gasteiger partial charge in [0.15, 0.2) is 0 Å². The molecule has 1 aromatic heterocycles. The molecule has 0 unspecified atom stereocenters. The van der Waals surface area contributed by atoms with Crippen LogP contribution in [0.5, 0.6) is 0 Å². The largest absolute Gasteiger partial charge is 0.431 e. The van der Waals surface area contributed by atoms with Crippen molar-refractivity contribution < 1.29 is 17.6 Å². The zero-order chi connectivity index (χ0) is 12.3. The molecule has 0 saturated heterocycles. The predicted octanol–water partition coefficient (Wildman–Crippen LogP) is 0.591. The summed E-state index contributed by atoms with van der Waals surface area (Å²) in [6.45, 7) is 2.14. The maximum Gasteiger partial charge on any atom is 0.273 e. The van der Waals surface area contributed by atoms with Crippen LogP contribution in [0.3, 0.4) is 0 Å². The van der Waals surface area contributed by atoms with Crippen molar-refractivity contribution in [1.82, 2.24) is 10.0 Å². The summed E-state index contributed by atoms with van der Waals surface area (Å²) in [6.07, 6.45) is 0. The second kappa shape index (κ2) is 4.86. The van der Waals surface area contributed by atoms with Crippen LogP contribution in [-0.4, -0.2) is 27.9 Å². The van der Waals surface area contributed by atoms with Gasteiger partial charge in [0.1, 0.15) is 0 Å². The highest BCUT2D eigenvalue weighted by atomic mass is 35.5. The highest BCUT2D eigenvalue weighted by molar-refractivity contribution is 7.89. The number of sulfonamides is 1. The minimum absolute atomic E-state index is 0.00246. The van der Waals surface area contributed by atoms with Crippen molar-refractivity contribution in [3.63, 3.8) is 0 Å². The van der Waals surface area contributed by atoms with Gasteiger partial charge in [0, 0.05) is 12.6 Å². The number of hydrogen-bond acceptors (Lipinski definition) is 4. The first-order valence-electron chi connectivity index (χ1n) is 4.43.